The summed E-state index contributed by atoms with van der Waals surface area (Å²) in [7, 11) is 1.65. The van der Waals surface area contributed by atoms with E-state index in [2.05, 4.69) is 16.2 Å². The van der Waals surface area contributed by atoms with Crippen molar-refractivity contribution >= 4 is 16.8 Å². The Morgan fingerprint density at radius 2 is 2.08 bits per heavy atom. The summed E-state index contributed by atoms with van der Waals surface area (Å²) in [5.41, 5.74) is 1.76. The molecule has 6 heteroatoms. The molecule has 1 aliphatic heterocycles. The fourth-order valence-electron chi connectivity index (χ4n) is 3.81. The van der Waals surface area contributed by atoms with Crippen molar-refractivity contribution in [3.05, 3.63) is 36.2 Å². The Kier molecular flexibility index (Phi) is 4.50. The monoisotopic (exact) mass is 352 g/mol. The zero-order valence-corrected chi connectivity index (χ0v) is 15.0. The van der Waals surface area contributed by atoms with Crippen molar-refractivity contribution in [2.45, 2.75) is 37.4 Å². The van der Waals surface area contributed by atoms with E-state index in [1.807, 2.05) is 28.9 Å². The van der Waals surface area contributed by atoms with Crippen LogP contribution in [0.3, 0.4) is 0 Å². The van der Waals surface area contributed by atoms with Crippen LogP contribution in [0.5, 0.6) is 5.75 Å². The summed E-state index contributed by atoms with van der Waals surface area (Å²) in [6, 6.07) is 10.3. The minimum atomic E-state index is 0.349. The van der Waals surface area contributed by atoms with Gasteiger partial charge in [-0.1, -0.05) is 31.4 Å². The van der Waals surface area contributed by atoms with Crippen molar-refractivity contribution in [1.29, 1.82) is 5.26 Å². The quantitative estimate of drug-likeness (QED) is 0.822. The highest BCUT2D eigenvalue weighted by Gasteiger charge is 2.38. The molecule has 0 N–H and O–H groups in total. The van der Waals surface area contributed by atoms with E-state index in [1.165, 1.54) is 25.7 Å². The van der Waals surface area contributed by atoms with Gasteiger partial charge in [0.1, 0.15) is 17.1 Å². The molecule has 2 heterocycles. The number of hydrogen-bond donors (Lipinski definition) is 0. The van der Waals surface area contributed by atoms with Crippen LogP contribution in [-0.4, -0.2) is 27.1 Å². The van der Waals surface area contributed by atoms with Gasteiger partial charge in [0, 0.05) is 11.2 Å². The minimum absolute atomic E-state index is 0.349. The van der Waals surface area contributed by atoms with Crippen molar-refractivity contribution in [3.63, 3.8) is 0 Å². The second-order valence-corrected chi connectivity index (χ2v) is 7.66. The first-order chi connectivity index (χ1) is 12.3. The number of para-hydroxylation sites is 1. The number of aromatic nitrogens is 3. The fraction of sp³-hybridized carbons (Fsp3) is 0.421. The highest BCUT2D eigenvalue weighted by Crippen LogP contribution is 2.50. The molecule has 25 heavy (non-hydrogen) atoms. The molecule has 0 radical (unpaired) electrons. The molecule has 1 aromatic carbocycles. The fourth-order valence-corrected chi connectivity index (χ4v) is 5.37. The van der Waals surface area contributed by atoms with Crippen molar-refractivity contribution in [2.24, 2.45) is 5.92 Å². The summed E-state index contributed by atoms with van der Waals surface area (Å²) < 4.78 is 7.31. The van der Waals surface area contributed by atoms with Gasteiger partial charge in [0.2, 0.25) is 0 Å². The number of allylic oxidation sites excluding steroid dienone is 1. The van der Waals surface area contributed by atoms with Gasteiger partial charge in [-0.05, 0) is 25.0 Å². The van der Waals surface area contributed by atoms with Gasteiger partial charge in [0.15, 0.2) is 5.82 Å². The van der Waals surface area contributed by atoms with Gasteiger partial charge in [-0.2, -0.15) is 10.4 Å². The van der Waals surface area contributed by atoms with Crippen molar-refractivity contribution in [2.75, 3.05) is 7.11 Å². The van der Waals surface area contributed by atoms with Crippen molar-refractivity contribution in [1.82, 2.24) is 14.8 Å². The summed E-state index contributed by atoms with van der Waals surface area (Å²) in [6.07, 6.45) is 7.55. The van der Waals surface area contributed by atoms with Gasteiger partial charge in [0.25, 0.3) is 0 Å². The molecule has 128 valence electrons. The Hall–Kier alpha value is -2.26. The van der Waals surface area contributed by atoms with Crippen LogP contribution < -0.4 is 4.74 Å². The normalized spacial score (nSPS) is 23.0. The van der Waals surface area contributed by atoms with E-state index in [4.69, 9.17) is 4.74 Å². The lowest BCUT2D eigenvalue weighted by Crippen LogP contribution is -2.12. The molecule has 0 bridgehead atoms. The summed E-state index contributed by atoms with van der Waals surface area (Å²) in [5, 5.41) is 15.7. The standard InChI is InChI=1S/C19H20N4OS/c1-24-16-9-6-5-8-14(16)18-21-12-22-23(18)19-15(11-20)13-7-3-2-4-10-17(13)25-19/h5-6,8-9,12-13,17H,2-4,7,10H2,1H3/t13-,17+/m1/s1. The first kappa shape index (κ1) is 16.2. The Balaban J connectivity index is 1.80. The molecular weight excluding hydrogens is 332 g/mol. The number of rotatable bonds is 3. The molecule has 2 aromatic rings. The number of thioether (sulfide) groups is 1. The molecule has 0 spiro atoms. The molecule has 1 fully saturated rings. The SMILES string of the molecule is COc1ccccc1-c1ncnn1C1=C(C#N)[C@H]2CCCCC[C@@H]2S1. The van der Waals surface area contributed by atoms with Crippen LogP contribution in [0.15, 0.2) is 36.2 Å². The second-order valence-electron chi connectivity index (χ2n) is 6.43. The number of hydrogen-bond acceptors (Lipinski definition) is 5. The highest BCUT2D eigenvalue weighted by molar-refractivity contribution is 8.08. The number of fused-ring (bicyclic) bond motifs is 1. The van der Waals surface area contributed by atoms with Gasteiger partial charge in [-0.25, -0.2) is 9.67 Å². The molecule has 1 saturated carbocycles. The summed E-state index contributed by atoms with van der Waals surface area (Å²) >= 11 is 1.80. The molecule has 1 aliphatic carbocycles. The largest absolute Gasteiger partial charge is 0.496 e. The van der Waals surface area contributed by atoms with Crippen LogP contribution in [0.1, 0.15) is 32.1 Å². The first-order valence-electron chi connectivity index (χ1n) is 8.68. The zero-order valence-electron chi connectivity index (χ0n) is 14.2. The third kappa shape index (κ3) is 2.83. The van der Waals surface area contributed by atoms with Crippen LogP contribution in [0.2, 0.25) is 0 Å². The Morgan fingerprint density at radius 3 is 2.92 bits per heavy atom. The van der Waals surface area contributed by atoms with Crippen LogP contribution in [0.4, 0.5) is 0 Å². The van der Waals surface area contributed by atoms with E-state index >= 15 is 0 Å². The topological polar surface area (TPSA) is 63.7 Å². The van der Waals surface area contributed by atoms with Crippen molar-refractivity contribution in [3.8, 4) is 23.2 Å². The van der Waals surface area contributed by atoms with Crippen molar-refractivity contribution < 1.29 is 4.74 Å². The average Bonchev–Trinajstić information content (AvgIpc) is 3.19. The third-order valence-corrected chi connectivity index (χ3v) is 6.51. The van der Waals surface area contributed by atoms with Crippen LogP contribution >= 0.6 is 11.8 Å². The van der Waals surface area contributed by atoms with E-state index in [9.17, 15) is 5.26 Å². The maximum absolute atomic E-state index is 9.82. The van der Waals surface area contributed by atoms with Crippen LogP contribution in [0.25, 0.3) is 16.4 Å². The molecule has 0 unspecified atom stereocenters. The highest BCUT2D eigenvalue weighted by atomic mass is 32.2. The van der Waals surface area contributed by atoms with Gasteiger partial charge in [-0.15, -0.1) is 11.8 Å². The van der Waals surface area contributed by atoms with Gasteiger partial charge in [-0.3, -0.25) is 0 Å². The van der Waals surface area contributed by atoms with Crippen LogP contribution in [-0.2, 0) is 0 Å². The summed E-state index contributed by atoms with van der Waals surface area (Å²) in [5.74, 6) is 1.83. The zero-order chi connectivity index (χ0) is 17.2. The molecule has 2 aliphatic rings. The molecular formula is C19H20N4OS. The molecule has 0 amide bonds. The maximum atomic E-state index is 9.82. The van der Waals surface area contributed by atoms with E-state index < -0.39 is 0 Å². The summed E-state index contributed by atoms with van der Waals surface area (Å²) in [4.78, 5) is 4.46. The number of nitrogens with zero attached hydrogens (tertiary/aromatic N) is 4. The maximum Gasteiger partial charge on any atom is 0.167 e. The lowest BCUT2D eigenvalue weighted by molar-refractivity contribution is 0.416. The molecule has 5 nitrogen and oxygen atoms in total. The van der Waals surface area contributed by atoms with Gasteiger partial charge >= 0.3 is 0 Å². The third-order valence-electron chi connectivity index (χ3n) is 5.03. The average molecular weight is 352 g/mol. The van der Waals surface area contributed by atoms with Gasteiger partial charge in [0.05, 0.1) is 24.3 Å². The predicted octanol–water partition coefficient (Wildman–Crippen LogP) is 4.34. The van der Waals surface area contributed by atoms with E-state index in [1.54, 1.807) is 25.2 Å². The number of nitriles is 1. The number of benzene rings is 1. The Bertz CT molecular complexity index is 851. The lowest BCUT2D eigenvalue weighted by atomic mass is 9.93. The smallest absolute Gasteiger partial charge is 0.167 e. The number of methoxy groups -OCH3 is 1. The molecule has 0 saturated heterocycles. The summed E-state index contributed by atoms with van der Waals surface area (Å²) in [6.45, 7) is 0. The lowest BCUT2D eigenvalue weighted by Gasteiger charge is -2.14. The van der Waals surface area contributed by atoms with E-state index in [0.717, 1.165) is 34.2 Å². The minimum Gasteiger partial charge on any atom is -0.496 e. The van der Waals surface area contributed by atoms with Gasteiger partial charge < -0.3 is 4.74 Å². The predicted molar refractivity (Wildman–Crippen MR) is 98.8 cm³/mol. The first-order valence-corrected chi connectivity index (χ1v) is 9.56. The molecule has 2 atom stereocenters. The Morgan fingerprint density at radius 1 is 1.24 bits per heavy atom. The molecule has 4 rings (SSSR count). The van der Waals surface area contributed by atoms with E-state index in [0.29, 0.717) is 11.2 Å². The second kappa shape index (κ2) is 6.93. The number of ether oxygens (including phenoxy) is 1. The van der Waals surface area contributed by atoms with E-state index in [-0.39, 0.29) is 0 Å². The Labute approximate surface area is 151 Å². The molecule has 1 aromatic heterocycles. The van der Waals surface area contributed by atoms with Crippen LogP contribution in [0, 0.1) is 17.2 Å².